The molecule has 52 nitrogen and oxygen atoms in total. The Morgan fingerprint density at radius 3 is 0.214 bits per heavy atom. The summed E-state index contributed by atoms with van der Waals surface area (Å²) in [5.41, 5.74) is 41.3. The molecule has 56 heteroatoms. The Morgan fingerprint density at radius 1 is 0.170 bits per heavy atom. The van der Waals surface area contributed by atoms with Crippen LogP contribution < -0.4 is 206 Å². The first-order chi connectivity index (χ1) is 48.3. The summed E-state index contributed by atoms with van der Waals surface area (Å²) in [5, 5.41) is 166. The van der Waals surface area contributed by atoms with Gasteiger partial charge in [-0.3, -0.25) is 76.7 Å². The Balaban J connectivity index is -0.0000000253. The van der Waals surface area contributed by atoms with Crippen molar-refractivity contribution < 1.29 is 316 Å². The third kappa shape index (κ3) is 13400. The molecule has 0 aromatic carbocycles. The molecule has 0 atom stereocenters. The third-order valence-corrected chi connectivity index (χ3v) is 2.57. The van der Waals surface area contributed by atoms with E-state index in [4.69, 9.17) is 244 Å². The molecule has 0 saturated heterocycles. The summed E-state index contributed by atoms with van der Waals surface area (Å²) < 4.78 is 0. The van der Waals surface area contributed by atoms with Crippen LogP contribution in [0.3, 0.4) is 0 Å². The van der Waals surface area contributed by atoms with E-state index >= 15 is 0 Å². The maximum atomic E-state index is 9.00. The Kier molecular flexibility index (Phi) is 354. The van der Waals surface area contributed by atoms with Gasteiger partial charge in [0.05, 0.1) is 0 Å². The molecule has 0 aromatic rings. The van der Waals surface area contributed by atoms with Crippen molar-refractivity contribution in [2.75, 3.05) is 105 Å². The second-order valence-corrected chi connectivity index (χ2v) is 15.6. The van der Waals surface area contributed by atoms with Crippen molar-refractivity contribution in [3.05, 3.63) is 0 Å². The molecule has 0 aromatic heterocycles. The summed E-state index contributed by atoms with van der Waals surface area (Å²) in [6.45, 7) is 33.8. The molecule has 0 aliphatic carbocycles. The molecule has 0 bridgehead atoms. The van der Waals surface area contributed by atoms with Gasteiger partial charge in [-0.1, -0.05) is 0 Å². The van der Waals surface area contributed by atoms with Gasteiger partial charge in [-0.2, -0.15) is 0 Å². The van der Waals surface area contributed by atoms with Crippen LogP contribution in [0.25, 0.3) is 0 Å². The van der Waals surface area contributed by atoms with Gasteiger partial charge >= 0.3 is 118 Å². The number of carboxylic acid groups (broad SMARTS) is 20. The molecule has 0 fully saturated rings. The van der Waals surface area contributed by atoms with Gasteiger partial charge in [-0.25, -0.2) is 0 Å². The predicted molar refractivity (Wildman–Crippen MR) is 380 cm³/mol. The first-order valence-electron chi connectivity index (χ1n) is 28.6. The van der Waals surface area contributed by atoms with Crippen molar-refractivity contribution in [3.63, 3.8) is 0 Å². The van der Waals surface area contributed by atoms with E-state index in [-0.39, 0.29) is 118 Å². The molecule has 112 heavy (non-hydrogen) atoms. The molecular weight excluding hydrogens is 1570 g/mol. The first-order valence-corrected chi connectivity index (χ1v) is 28.6. The van der Waals surface area contributed by atoms with E-state index in [0.29, 0.717) is 52.4 Å². The zero-order valence-corrected chi connectivity index (χ0v) is 76.9. The number of nitrogens with two attached hydrogens (primary N) is 8. The number of carboxylic acids is 20. The van der Waals surface area contributed by atoms with Gasteiger partial charge < -0.3 is 188 Å². The summed E-state index contributed by atoms with van der Waals surface area (Å²) >= 11 is 0. The predicted octanol–water partition coefficient (Wildman–Crippen LogP) is -21.5. The maximum absolute atomic E-state index is 9.00. The SMILES string of the molecule is CC(=O)O.CC(=O)O.CC(=O)O.CC(=O)O.CC(=O)O.CC(=O)O.CC(=O)O.CC(=O)O.CC(=O)O.CC(=O)O.CC(=O)O.CC(=O)O.CC(=O)O.CC(=O)O.CC(=O)O.CC(=O)O.CC(=O)[O-].CC(=O)[O-].CC(=O)[O-].CC(=O)[O-].NCCNCCN.NCCNCCN.NCCNCCN.NCCNCCN.[Na+].[Na+].[Na+].[Na+]. The van der Waals surface area contributed by atoms with Crippen molar-refractivity contribution in [2.45, 2.75) is 138 Å². The summed E-state index contributed by atoms with van der Waals surface area (Å²) in [6, 6.07) is 0. The summed E-state index contributed by atoms with van der Waals surface area (Å²) in [5.74, 6) is -17.7. The van der Waals surface area contributed by atoms with Crippen LogP contribution in [0.4, 0.5) is 0 Å². The fourth-order valence-electron chi connectivity index (χ4n) is 1.32. The number of rotatable bonds is 16. The van der Waals surface area contributed by atoms with Gasteiger partial charge in [-0.15, -0.1) is 0 Å². The quantitative estimate of drug-likeness (QED) is 0.0504. The summed E-state index contributed by atoms with van der Waals surface area (Å²) in [6.07, 6.45) is 0. The second-order valence-electron chi connectivity index (χ2n) is 15.6. The van der Waals surface area contributed by atoms with E-state index in [1.54, 1.807) is 0 Å². The molecule has 0 radical (unpaired) electrons. The fourth-order valence-corrected chi connectivity index (χ4v) is 1.32. The average Bonchev–Trinajstić information content (AvgIpc) is 3.03. The van der Waals surface area contributed by atoms with E-state index in [9.17, 15) is 0 Å². The van der Waals surface area contributed by atoms with Gasteiger partial charge in [0.15, 0.2) is 0 Å². The number of nitrogens with one attached hydrogen (secondary N) is 4. The number of aliphatic carboxylic acids is 20. The van der Waals surface area contributed by atoms with E-state index in [2.05, 4.69) is 21.3 Å². The molecule has 0 heterocycles. The van der Waals surface area contributed by atoms with Crippen LogP contribution >= 0.6 is 0 Å². The molecule has 0 rings (SSSR count). The number of hydrogen-bond acceptors (Lipinski definition) is 36. The van der Waals surface area contributed by atoms with Crippen molar-refractivity contribution >= 4 is 119 Å². The Labute approximate surface area is 740 Å². The zero-order chi connectivity index (χ0) is 93.7. The van der Waals surface area contributed by atoms with E-state index in [1.807, 2.05) is 0 Å². The van der Waals surface area contributed by atoms with Crippen molar-refractivity contribution in [2.24, 2.45) is 45.9 Å². The summed E-state index contributed by atoms with van der Waals surface area (Å²) in [4.78, 5) is 180. The second kappa shape index (κ2) is 207. The molecular formula is C56H128N12Na4O40. The molecule has 36 N–H and O–H groups in total. The Bertz CT molecular complexity index is 1430. The molecule has 656 valence electrons. The minimum Gasteiger partial charge on any atom is -0.550 e. The van der Waals surface area contributed by atoms with Crippen LogP contribution in [0.15, 0.2) is 0 Å². The number of carbonyl (C=O) groups excluding carboxylic acids is 4. The summed E-state index contributed by atoms with van der Waals surface area (Å²) in [7, 11) is 0. The molecule has 0 spiro atoms. The van der Waals surface area contributed by atoms with E-state index in [1.165, 1.54) is 0 Å². The molecule has 0 aliphatic rings. The molecule has 0 saturated carbocycles. The first kappa shape index (κ1) is 192. The van der Waals surface area contributed by atoms with E-state index in [0.717, 1.165) is 191 Å². The van der Waals surface area contributed by atoms with Gasteiger partial charge in [0, 0.05) is 239 Å². The van der Waals surface area contributed by atoms with Crippen LogP contribution in [-0.4, -0.2) is 306 Å². The van der Waals surface area contributed by atoms with Crippen LogP contribution in [0.2, 0.25) is 0 Å². The van der Waals surface area contributed by atoms with Gasteiger partial charge in [0.2, 0.25) is 0 Å². The van der Waals surface area contributed by atoms with Crippen molar-refractivity contribution in [3.8, 4) is 0 Å². The minimum absolute atomic E-state index is 0. The van der Waals surface area contributed by atoms with Gasteiger partial charge in [0.25, 0.3) is 95.5 Å². The zero-order valence-electron chi connectivity index (χ0n) is 68.9. The van der Waals surface area contributed by atoms with Crippen molar-refractivity contribution in [1.29, 1.82) is 0 Å². The van der Waals surface area contributed by atoms with E-state index < -0.39 is 119 Å². The monoisotopic (exact) mass is 1700 g/mol. The molecule has 0 unspecified atom stereocenters. The smallest absolute Gasteiger partial charge is 0.550 e. The third-order valence-electron chi connectivity index (χ3n) is 2.57. The van der Waals surface area contributed by atoms with Crippen molar-refractivity contribution in [1.82, 2.24) is 21.3 Å². The fraction of sp³-hybridized carbons (Fsp3) is 0.643. The normalized spacial score (nSPS) is 6.82. The van der Waals surface area contributed by atoms with Crippen LogP contribution in [0.1, 0.15) is 138 Å². The van der Waals surface area contributed by atoms with Crippen LogP contribution in [-0.2, 0) is 95.9 Å². The number of hydrogen-bond donors (Lipinski definition) is 28. The Hall–Kier alpha value is -7.08. The molecule has 0 amide bonds. The number of carbonyl (C=O) groups is 20. The van der Waals surface area contributed by atoms with Crippen LogP contribution in [0.5, 0.6) is 0 Å². The largest absolute Gasteiger partial charge is 1.00 e. The average molecular weight is 1700 g/mol. The molecule has 0 aliphatic heterocycles. The van der Waals surface area contributed by atoms with Crippen LogP contribution in [0, 0.1) is 0 Å². The van der Waals surface area contributed by atoms with Gasteiger partial charge in [-0.05, 0) is 27.7 Å². The van der Waals surface area contributed by atoms with Gasteiger partial charge in [0.1, 0.15) is 0 Å². The maximum Gasteiger partial charge on any atom is 1.00 e. The topological polar surface area (TPSA) is 1010 Å². The Morgan fingerprint density at radius 2 is 0.196 bits per heavy atom. The standard InChI is InChI=1S/4C4H13N3.20C2H4O2.4Na/c4*5-1-3-7-4-2-6;20*1-2(3)4;;;;/h4*7H,1-6H2;20*1H3,(H,3,4);;;;/q;;;;;;;;;;;;;;;;;;;;;;;;4*+1/p-4. The minimum atomic E-state index is -1.08.